The second kappa shape index (κ2) is 18.4. The summed E-state index contributed by atoms with van der Waals surface area (Å²) in [6.07, 6.45) is 9.43. The van der Waals surface area contributed by atoms with Crippen molar-refractivity contribution in [2.75, 3.05) is 19.6 Å². The molecule has 1 rings (SSSR count). The lowest BCUT2D eigenvalue weighted by atomic mass is 10.1. The van der Waals surface area contributed by atoms with Gasteiger partial charge in [0.2, 0.25) is 5.91 Å². The van der Waals surface area contributed by atoms with Gasteiger partial charge < -0.3 is 10.2 Å². The van der Waals surface area contributed by atoms with E-state index in [1.807, 2.05) is 6.92 Å². The van der Waals surface area contributed by atoms with Gasteiger partial charge in [-0.15, -0.1) is 0 Å². The predicted molar refractivity (Wildman–Crippen MR) is 129 cm³/mol. The Labute approximate surface area is 189 Å². The Balaban J connectivity index is 0.000000584. The Morgan fingerprint density at radius 3 is 1.83 bits per heavy atom. The molecule has 0 fully saturated rings. The molecule has 5 heteroatoms. The van der Waals surface area contributed by atoms with Gasteiger partial charge in [0.25, 0.3) is 0 Å². The first-order chi connectivity index (χ1) is 14.4. The van der Waals surface area contributed by atoms with Crippen LogP contribution in [0.4, 0.5) is 0 Å². The molecule has 1 aromatic rings. The minimum absolute atomic E-state index is 0.0132. The number of hydrogen-bond donors (Lipinski definition) is 1. The summed E-state index contributed by atoms with van der Waals surface area (Å²) < 4.78 is 0. The van der Waals surface area contributed by atoms with Crippen LogP contribution in [0.25, 0.3) is 0 Å². The molecule has 4 nitrogen and oxygen atoms in total. The number of hydrogen-bond acceptors (Lipinski definition) is 3. The number of unbranched alkanes of at least 4 members (excludes halogenated alkanes) is 3. The summed E-state index contributed by atoms with van der Waals surface area (Å²) in [6.45, 7) is 14.6. The number of nitrogens with zero attached hydrogens (tertiary/aromatic N) is 1. The van der Waals surface area contributed by atoms with Gasteiger partial charge in [-0.2, -0.15) is 0 Å². The highest BCUT2D eigenvalue weighted by atomic mass is 35.5. The Bertz CT molecular complexity index is 586. The molecule has 0 unspecified atom stereocenters. The molecular formula is C25H43ClN2O2. The third-order valence-corrected chi connectivity index (χ3v) is 5.25. The normalized spacial score (nSPS) is 10.5. The Morgan fingerprint density at radius 2 is 1.43 bits per heavy atom. The molecule has 0 aliphatic heterocycles. The molecule has 0 spiro atoms. The van der Waals surface area contributed by atoms with Crippen LogP contribution in [0, 0.1) is 0 Å². The van der Waals surface area contributed by atoms with Gasteiger partial charge in [-0.25, -0.2) is 0 Å². The Hall–Kier alpha value is -1.39. The lowest BCUT2D eigenvalue weighted by molar-refractivity contribution is -0.121. The van der Waals surface area contributed by atoms with E-state index in [0.717, 1.165) is 12.0 Å². The maximum absolute atomic E-state index is 11.3. The van der Waals surface area contributed by atoms with Crippen LogP contribution in [0.3, 0.4) is 0 Å². The molecule has 30 heavy (non-hydrogen) atoms. The molecule has 0 radical (unpaired) electrons. The SMILES string of the molecule is CCCC(=O)NCc1ccc(C(C)=O)cc1Cl.CCCCN(CCCC)CCCC. The molecule has 0 saturated carbocycles. The van der Waals surface area contributed by atoms with Gasteiger partial charge in [-0.3, -0.25) is 9.59 Å². The van der Waals surface area contributed by atoms with Gasteiger partial charge in [0.05, 0.1) is 0 Å². The van der Waals surface area contributed by atoms with Gasteiger partial charge in [-0.1, -0.05) is 70.7 Å². The van der Waals surface area contributed by atoms with E-state index < -0.39 is 0 Å². The van der Waals surface area contributed by atoms with Crippen molar-refractivity contribution in [2.24, 2.45) is 0 Å². The van der Waals surface area contributed by atoms with E-state index in [0.29, 0.717) is 23.6 Å². The molecule has 0 heterocycles. The summed E-state index contributed by atoms with van der Waals surface area (Å²) in [4.78, 5) is 25.1. The van der Waals surface area contributed by atoms with E-state index in [1.54, 1.807) is 18.2 Å². The average molecular weight is 439 g/mol. The average Bonchev–Trinajstić information content (AvgIpc) is 2.73. The van der Waals surface area contributed by atoms with Crippen molar-refractivity contribution in [3.05, 3.63) is 34.3 Å². The molecule has 0 aliphatic carbocycles. The molecule has 0 atom stereocenters. The second-order valence-electron chi connectivity index (χ2n) is 7.79. The van der Waals surface area contributed by atoms with Gasteiger partial charge in [0.15, 0.2) is 5.78 Å². The quantitative estimate of drug-likeness (QED) is 0.331. The zero-order valence-electron chi connectivity index (χ0n) is 19.9. The first-order valence-corrected chi connectivity index (χ1v) is 12.1. The van der Waals surface area contributed by atoms with Gasteiger partial charge in [-0.05, 0) is 63.9 Å². The van der Waals surface area contributed by atoms with Crippen LogP contribution in [-0.4, -0.2) is 36.2 Å². The van der Waals surface area contributed by atoms with Crippen molar-refractivity contribution >= 4 is 23.3 Å². The highest BCUT2D eigenvalue weighted by molar-refractivity contribution is 6.31. The van der Waals surface area contributed by atoms with Gasteiger partial charge in [0.1, 0.15) is 0 Å². The van der Waals surface area contributed by atoms with E-state index in [2.05, 4.69) is 31.0 Å². The van der Waals surface area contributed by atoms with E-state index >= 15 is 0 Å². The van der Waals surface area contributed by atoms with Crippen LogP contribution >= 0.6 is 11.6 Å². The lowest BCUT2D eigenvalue weighted by Crippen LogP contribution is -2.27. The number of carbonyl (C=O) groups is 2. The summed E-state index contributed by atoms with van der Waals surface area (Å²) in [5.41, 5.74) is 1.40. The Kier molecular flexibility index (Phi) is 17.5. The lowest BCUT2D eigenvalue weighted by Gasteiger charge is -2.21. The fraction of sp³-hybridized carbons (Fsp3) is 0.680. The number of amides is 1. The minimum atomic E-state index is -0.0199. The number of carbonyl (C=O) groups excluding carboxylic acids is 2. The third-order valence-electron chi connectivity index (χ3n) is 4.90. The fourth-order valence-corrected chi connectivity index (χ4v) is 3.15. The summed E-state index contributed by atoms with van der Waals surface area (Å²) >= 11 is 6.03. The van der Waals surface area contributed by atoms with Crippen LogP contribution in [0.2, 0.25) is 5.02 Å². The van der Waals surface area contributed by atoms with Crippen molar-refractivity contribution in [3.63, 3.8) is 0 Å². The zero-order chi connectivity index (χ0) is 22.8. The van der Waals surface area contributed by atoms with Crippen LogP contribution in [0.15, 0.2) is 18.2 Å². The topological polar surface area (TPSA) is 49.4 Å². The third kappa shape index (κ3) is 13.8. The van der Waals surface area contributed by atoms with E-state index in [4.69, 9.17) is 11.6 Å². The smallest absolute Gasteiger partial charge is 0.220 e. The number of Topliss-reactive ketones (excluding diaryl/α,β-unsaturated/α-hetero) is 1. The minimum Gasteiger partial charge on any atom is -0.352 e. The summed E-state index contributed by atoms with van der Waals surface area (Å²) in [5.74, 6) is -0.00678. The van der Waals surface area contributed by atoms with Crippen LogP contribution in [0.5, 0.6) is 0 Å². The first-order valence-electron chi connectivity index (χ1n) is 11.7. The predicted octanol–water partition coefficient (Wildman–Crippen LogP) is 6.65. The summed E-state index contributed by atoms with van der Waals surface area (Å²) in [6, 6.07) is 5.12. The van der Waals surface area contributed by atoms with Crippen LogP contribution < -0.4 is 5.32 Å². The Morgan fingerprint density at radius 1 is 0.900 bits per heavy atom. The molecule has 1 amide bonds. The molecule has 0 saturated heterocycles. The monoisotopic (exact) mass is 438 g/mol. The molecule has 0 aromatic heterocycles. The highest BCUT2D eigenvalue weighted by Gasteiger charge is 2.06. The van der Waals surface area contributed by atoms with E-state index in [-0.39, 0.29) is 11.7 Å². The molecule has 0 aliphatic rings. The largest absolute Gasteiger partial charge is 0.352 e. The van der Waals surface area contributed by atoms with Crippen molar-refractivity contribution in [1.82, 2.24) is 10.2 Å². The molecule has 0 bridgehead atoms. The maximum Gasteiger partial charge on any atom is 0.220 e. The van der Waals surface area contributed by atoms with Crippen molar-refractivity contribution in [1.29, 1.82) is 0 Å². The fourth-order valence-electron chi connectivity index (χ4n) is 2.90. The number of nitrogens with one attached hydrogen (secondary N) is 1. The van der Waals surface area contributed by atoms with Gasteiger partial charge in [0, 0.05) is 23.6 Å². The van der Waals surface area contributed by atoms with Crippen molar-refractivity contribution in [3.8, 4) is 0 Å². The number of rotatable bonds is 14. The second-order valence-corrected chi connectivity index (χ2v) is 8.20. The molecular weight excluding hydrogens is 396 g/mol. The van der Waals surface area contributed by atoms with Crippen molar-refractivity contribution in [2.45, 2.75) is 92.5 Å². The van der Waals surface area contributed by atoms with E-state index in [1.165, 1.54) is 65.1 Å². The summed E-state index contributed by atoms with van der Waals surface area (Å²) in [5, 5.41) is 3.29. The summed E-state index contributed by atoms with van der Waals surface area (Å²) in [7, 11) is 0. The number of benzene rings is 1. The molecule has 172 valence electrons. The standard InChI is InChI=1S/C13H16ClNO2.C12H27N/c1-3-4-13(17)15-8-11-6-5-10(9(2)16)7-12(11)14;1-4-7-10-13(11-8-5-2)12-9-6-3/h5-7H,3-4,8H2,1-2H3,(H,15,17);4-12H2,1-3H3. The van der Waals surface area contributed by atoms with Gasteiger partial charge >= 0.3 is 0 Å². The number of ketones is 1. The van der Waals surface area contributed by atoms with Crippen molar-refractivity contribution < 1.29 is 9.59 Å². The first kappa shape index (κ1) is 28.6. The van der Waals surface area contributed by atoms with Crippen LogP contribution in [-0.2, 0) is 11.3 Å². The van der Waals surface area contributed by atoms with E-state index in [9.17, 15) is 9.59 Å². The zero-order valence-corrected chi connectivity index (χ0v) is 20.6. The maximum atomic E-state index is 11.3. The molecule has 1 aromatic carbocycles. The van der Waals surface area contributed by atoms with Crippen LogP contribution in [0.1, 0.15) is 102 Å². The highest BCUT2D eigenvalue weighted by Crippen LogP contribution is 2.18. The number of halogens is 1. The molecule has 1 N–H and O–H groups in total.